The van der Waals surface area contributed by atoms with Crippen molar-refractivity contribution in [2.45, 2.75) is 38.4 Å². The lowest BCUT2D eigenvalue weighted by molar-refractivity contribution is 0.00279. The van der Waals surface area contributed by atoms with Crippen molar-refractivity contribution in [3.63, 3.8) is 0 Å². The molecule has 2 fully saturated rings. The van der Waals surface area contributed by atoms with Gasteiger partial charge >= 0.3 is 6.16 Å². The topological polar surface area (TPSA) is 106 Å². The van der Waals surface area contributed by atoms with Gasteiger partial charge in [-0.2, -0.15) is 0 Å². The highest BCUT2D eigenvalue weighted by Crippen LogP contribution is 2.32. The number of hydrogen-bond donors (Lipinski definition) is 1. The zero-order valence-electron chi connectivity index (χ0n) is 15.3. The van der Waals surface area contributed by atoms with E-state index >= 15 is 0 Å². The van der Waals surface area contributed by atoms with Crippen LogP contribution in [-0.4, -0.2) is 62.0 Å². The standard InChI is InChI=1S/C18H22N4O5/c1-11(2)14(23)15-20-19-13-4-3-12(9-22(13)15)16(24)21-7-5-18(6-8-21)10-26-17(25)27-18/h3-4,9,11,14,23H,5-8,10H2,1-2H3. The second kappa shape index (κ2) is 6.49. The van der Waals surface area contributed by atoms with Crippen molar-refractivity contribution >= 4 is 17.7 Å². The lowest BCUT2D eigenvalue weighted by Gasteiger charge is -2.36. The Hall–Kier alpha value is -2.68. The number of piperidine rings is 1. The molecule has 4 heterocycles. The van der Waals surface area contributed by atoms with E-state index in [1.54, 1.807) is 27.6 Å². The number of carbonyl (C=O) groups is 2. The first-order valence-corrected chi connectivity index (χ1v) is 9.06. The second-order valence-electron chi connectivity index (χ2n) is 7.51. The van der Waals surface area contributed by atoms with Crippen LogP contribution >= 0.6 is 0 Å². The van der Waals surface area contributed by atoms with Gasteiger partial charge in [-0.1, -0.05) is 13.8 Å². The summed E-state index contributed by atoms with van der Waals surface area (Å²) >= 11 is 0. The SMILES string of the molecule is CC(C)C(O)c1nnc2ccc(C(=O)N3CCC4(CC3)COC(=O)O4)cn12. The van der Waals surface area contributed by atoms with Gasteiger partial charge in [0.15, 0.2) is 17.1 Å². The zero-order chi connectivity index (χ0) is 19.2. The fourth-order valence-electron chi connectivity index (χ4n) is 3.51. The van der Waals surface area contributed by atoms with Crippen LogP contribution in [0.2, 0.25) is 0 Å². The lowest BCUT2D eigenvalue weighted by Crippen LogP contribution is -2.48. The molecule has 1 unspecified atom stereocenters. The van der Waals surface area contributed by atoms with Gasteiger partial charge < -0.3 is 19.5 Å². The summed E-state index contributed by atoms with van der Waals surface area (Å²) in [6.45, 7) is 5.00. The van der Waals surface area contributed by atoms with Crippen LogP contribution in [0.3, 0.4) is 0 Å². The number of cyclic esters (lactones) is 1. The Kier molecular flexibility index (Phi) is 4.26. The summed E-state index contributed by atoms with van der Waals surface area (Å²) in [6, 6.07) is 3.43. The highest BCUT2D eigenvalue weighted by Gasteiger charge is 2.45. The number of hydrogen-bond acceptors (Lipinski definition) is 7. The highest BCUT2D eigenvalue weighted by molar-refractivity contribution is 5.94. The van der Waals surface area contributed by atoms with E-state index in [9.17, 15) is 14.7 Å². The Morgan fingerprint density at radius 1 is 1.26 bits per heavy atom. The summed E-state index contributed by atoms with van der Waals surface area (Å²) < 4.78 is 11.9. The number of pyridine rings is 1. The molecule has 0 radical (unpaired) electrons. The summed E-state index contributed by atoms with van der Waals surface area (Å²) in [6.07, 6.45) is 1.37. The third-order valence-electron chi connectivity index (χ3n) is 5.29. The Morgan fingerprint density at radius 3 is 2.63 bits per heavy atom. The van der Waals surface area contributed by atoms with Crippen LogP contribution < -0.4 is 0 Å². The second-order valence-corrected chi connectivity index (χ2v) is 7.51. The van der Waals surface area contributed by atoms with Crippen LogP contribution in [0.5, 0.6) is 0 Å². The molecule has 9 heteroatoms. The predicted octanol–water partition coefficient (Wildman–Crippen LogP) is 1.56. The van der Waals surface area contributed by atoms with Gasteiger partial charge in [0.2, 0.25) is 0 Å². The molecule has 9 nitrogen and oxygen atoms in total. The van der Waals surface area contributed by atoms with Crippen molar-refractivity contribution < 1.29 is 24.2 Å². The van der Waals surface area contributed by atoms with Crippen LogP contribution in [0, 0.1) is 5.92 Å². The van der Waals surface area contributed by atoms with Crippen molar-refractivity contribution in [1.82, 2.24) is 19.5 Å². The average Bonchev–Trinajstić information content (AvgIpc) is 3.24. The van der Waals surface area contributed by atoms with E-state index < -0.39 is 17.9 Å². The summed E-state index contributed by atoms with van der Waals surface area (Å²) in [5, 5.41) is 18.4. The van der Waals surface area contributed by atoms with Gasteiger partial charge in [-0.25, -0.2) is 4.79 Å². The summed E-state index contributed by atoms with van der Waals surface area (Å²) in [5.41, 5.74) is 0.477. The lowest BCUT2D eigenvalue weighted by atomic mass is 9.92. The molecule has 0 saturated carbocycles. The molecule has 2 aromatic heterocycles. The van der Waals surface area contributed by atoms with Gasteiger partial charge in [0, 0.05) is 32.1 Å². The maximum Gasteiger partial charge on any atom is 0.509 e. The van der Waals surface area contributed by atoms with Gasteiger partial charge in [-0.3, -0.25) is 9.20 Å². The molecule has 1 amide bonds. The Morgan fingerprint density at radius 2 is 2.00 bits per heavy atom. The number of ether oxygens (including phenoxy) is 2. The molecule has 4 rings (SSSR count). The Labute approximate surface area is 155 Å². The summed E-state index contributed by atoms with van der Waals surface area (Å²) in [7, 11) is 0. The minimum atomic E-state index is -0.766. The largest absolute Gasteiger partial charge is 0.509 e. The number of fused-ring (bicyclic) bond motifs is 1. The van der Waals surface area contributed by atoms with E-state index in [0.29, 0.717) is 43.0 Å². The number of nitrogens with zero attached hydrogens (tertiary/aromatic N) is 4. The van der Waals surface area contributed by atoms with Crippen LogP contribution in [-0.2, 0) is 9.47 Å². The molecule has 27 heavy (non-hydrogen) atoms. The van der Waals surface area contributed by atoms with Gasteiger partial charge in [0.1, 0.15) is 12.7 Å². The van der Waals surface area contributed by atoms with Gasteiger partial charge in [-0.15, -0.1) is 10.2 Å². The van der Waals surface area contributed by atoms with E-state index in [1.807, 2.05) is 13.8 Å². The molecule has 2 aromatic rings. The van der Waals surface area contributed by atoms with Crippen molar-refractivity contribution in [2.75, 3.05) is 19.7 Å². The van der Waals surface area contributed by atoms with Crippen LogP contribution in [0.25, 0.3) is 5.65 Å². The van der Waals surface area contributed by atoms with Crippen molar-refractivity contribution in [3.8, 4) is 0 Å². The fraction of sp³-hybridized carbons (Fsp3) is 0.556. The number of amides is 1. The molecule has 2 aliphatic heterocycles. The number of rotatable bonds is 3. The Bertz CT molecular complexity index is 885. The summed E-state index contributed by atoms with van der Waals surface area (Å²) in [5.74, 6) is 0.282. The minimum Gasteiger partial charge on any atom is -0.430 e. The minimum absolute atomic E-state index is 0.0219. The first-order valence-electron chi connectivity index (χ1n) is 9.06. The van der Waals surface area contributed by atoms with E-state index in [-0.39, 0.29) is 18.4 Å². The van der Waals surface area contributed by atoms with E-state index in [2.05, 4.69) is 10.2 Å². The molecular weight excluding hydrogens is 352 g/mol. The van der Waals surface area contributed by atoms with Crippen molar-refractivity contribution in [3.05, 3.63) is 29.7 Å². The monoisotopic (exact) mass is 374 g/mol. The number of carbonyl (C=O) groups excluding carboxylic acids is 2. The average molecular weight is 374 g/mol. The molecule has 0 aromatic carbocycles. The van der Waals surface area contributed by atoms with Gasteiger partial charge in [-0.05, 0) is 18.1 Å². The quantitative estimate of drug-likeness (QED) is 0.813. The van der Waals surface area contributed by atoms with Crippen molar-refractivity contribution in [2.24, 2.45) is 5.92 Å². The first kappa shape index (κ1) is 17.7. The van der Waals surface area contributed by atoms with Crippen molar-refractivity contribution in [1.29, 1.82) is 0 Å². The predicted molar refractivity (Wildman–Crippen MR) is 93.1 cm³/mol. The van der Waals surface area contributed by atoms with E-state index in [4.69, 9.17) is 9.47 Å². The molecule has 0 bridgehead atoms. The number of likely N-dealkylation sites (tertiary alicyclic amines) is 1. The number of aliphatic hydroxyl groups excluding tert-OH is 1. The van der Waals surface area contributed by atoms with Crippen LogP contribution in [0.4, 0.5) is 4.79 Å². The molecule has 2 saturated heterocycles. The molecule has 1 spiro atoms. The summed E-state index contributed by atoms with van der Waals surface area (Å²) in [4.78, 5) is 25.9. The smallest absolute Gasteiger partial charge is 0.430 e. The van der Waals surface area contributed by atoms with Crippen LogP contribution in [0.15, 0.2) is 18.3 Å². The molecule has 1 atom stereocenters. The normalized spacial score (nSPS) is 20.1. The van der Waals surface area contributed by atoms with Crippen LogP contribution in [0.1, 0.15) is 49.0 Å². The van der Waals surface area contributed by atoms with E-state index in [1.165, 1.54) is 0 Å². The Balaban J connectivity index is 1.53. The van der Waals surface area contributed by atoms with Gasteiger partial charge in [0.05, 0.1) is 5.56 Å². The first-order chi connectivity index (χ1) is 12.9. The fourth-order valence-corrected chi connectivity index (χ4v) is 3.51. The number of aromatic nitrogens is 3. The van der Waals surface area contributed by atoms with Gasteiger partial charge in [0.25, 0.3) is 5.91 Å². The third-order valence-corrected chi connectivity index (χ3v) is 5.29. The molecule has 2 aliphatic rings. The maximum atomic E-state index is 12.9. The van der Waals surface area contributed by atoms with E-state index in [0.717, 1.165) is 0 Å². The molecule has 1 N–H and O–H groups in total. The molecule has 0 aliphatic carbocycles. The molecule has 144 valence electrons. The number of aliphatic hydroxyl groups is 1. The maximum absolute atomic E-state index is 12.9. The highest BCUT2D eigenvalue weighted by atomic mass is 16.8. The third kappa shape index (κ3) is 3.12. The zero-order valence-corrected chi connectivity index (χ0v) is 15.3. The molecular formula is C18H22N4O5.